The summed E-state index contributed by atoms with van der Waals surface area (Å²) in [6.45, 7) is 2.18. The number of anilines is 1. The minimum atomic E-state index is -0.407. The van der Waals surface area contributed by atoms with Crippen molar-refractivity contribution in [3.05, 3.63) is 59.7 Å². The van der Waals surface area contributed by atoms with Crippen LogP contribution in [0.1, 0.15) is 29.3 Å². The second-order valence-electron chi connectivity index (χ2n) is 4.54. The molecule has 0 aliphatic carbocycles. The van der Waals surface area contributed by atoms with E-state index in [0.29, 0.717) is 5.56 Å². The van der Waals surface area contributed by atoms with Gasteiger partial charge in [-0.25, -0.2) is 0 Å². The van der Waals surface area contributed by atoms with E-state index in [1.807, 2.05) is 12.1 Å². The van der Waals surface area contributed by atoms with Gasteiger partial charge in [0.05, 0.1) is 0 Å². The highest BCUT2D eigenvalue weighted by Crippen LogP contribution is 2.22. The van der Waals surface area contributed by atoms with Gasteiger partial charge >= 0.3 is 0 Å². The van der Waals surface area contributed by atoms with E-state index < -0.39 is 5.91 Å². The summed E-state index contributed by atoms with van der Waals surface area (Å²) < 4.78 is 3.24. The third kappa shape index (κ3) is 4.03. The maximum atomic E-state index is 11.0. The monoisotopic (exact) mass is 286 g/mol. The van der Waals surface area contributed by atoms with Crippen LogP contribution in [0, 0.1) is 0 Å². The topological polar surface area (TPSA) is 55.1 Å². The van der Waals surface area contributed by atoms with E-state index >= 15 is 0 Å². The zero-order chi connectivity index (χ0) is 14.4. The largest absolute Gasteiger partial charge is 0.366 e. The van der Waals surface area contributed by atoms with Crippen LogP contribution in [0.3, 0.4) is 0 Å². The fraction of sp³-hybridized carbons (Fsp3) is 0.188. The highest BCUT2D eigenvalue weighted by Gasteiger charge is 2.00. The Morgan fingerprint density at radius 2 is 1.75 bits per heavy atom. The van der Waals surface area contributed by atoms with Crippen molar-refractivity contribution < 1.29 is 4.79 Å². The summed E-state index contributed by atoms with van der Waals surface area (Å²) in [6, 6.07) is 15.7. The third-order valence-corrected chi connectivity index (χ3v) is 3.76. The molecule has 3 N–H and O–H groups in total. The summed E-state index contributed by atoms with van der Waals surface area (Å²) in [5, 5.41) is 0. The van der Waals surface area contributed by atoms with Crippen LogP contribution in [0.15, 0.2) is 53.4 Å². The third-order valence-electron chi connectivity index (χ3n) is 2.92. The predicted octanol–water partition coefficient (Wildman–Crippen LogP) is 3.86. The molecule has 4 heteroatoms. The number of primary amides is 1. The van der Waals surface area contributed by atoms with Crippen LogP contribution < -0.4 is 10.5 Å². The van der Waals surface area contributed by atoms with Gasteiger partial charge in [0, 0.05) is 16.1 Å². The molecular formula is C16H18N2OS. The second kappa shape index (κ2) is 7.01. The van der Waals surface area contributed by atoms with E-state index in [1.54, 1.807) is 24.1 Å². The number of amides is 1. The summed E-state index contributed by atoms with van der Waals surface area (Å²) in [6.07, 6.45) is 2.28. The van der Waals surface area contributed by atoms with E-state index in [4.69, 9.17) is 5.73 Å². The summed E-state index contributed by atoms with van der Waals surface area (Å²) in [5.74, 6) is -0.407. The van der Waals surface area contributed by atoms with Crippen molar-refractivity contribution in [3.63, 3.8) is 0 Å². The van der Waals surface area contributed by atoms with Crippen LogP contribution in [-0.4, -0.2) is 5.91 Å². The van der Waals surface area contributed by atoms with Crippen molar-refractivity contribution in [3.8, 4) is 0 Å². The number of carbonyl (C=O) groups is 1. The summed E-state index contributed by atoms with van der Waals surface area (Å²) in [5.41, 5.74) is 8.03. The maximum Gasteiger partial charge on any atom is 0.248 e. The van der Waals surface area contributed by atoms with Crippen LogP contribution in [0.5, 0.6) is 0 Å². The molecule has 0 fully saturated rings. The smallest absolute Gasteiger partial charge is 0.248 e. The van der Waals surface area contributed by atoms with Gasteiger partial charge in [-0.15, -0.1) is 0 Å². The maximum absolute atomic E-state index is 11.0. The lowest BCUT2D eigenvalue weighted by atomic mass is 10.1. The van der Waals surface area contributed by atoms with Crippen LogP contribution in [0.4, 0.5) is 5.69 Å². The van der Waals surface area contributed by atoms with Crippen molar-refractivity contribution in [2.24, 2.45) is 5.73 Å². The molecule has 0 atom stereocenters. The molecule has 0 aromatic heterocycles. The molecule has 0 radical (unpaired) electrons. The molecule has 2 aromatic carbocycles. The quantitative estimate of drug-likeness (QED) is 0.793. The molecule has 2 rings (SSSR count). The molecule has 104 valence electrons. The van der Waals surface area contributed by atoms with Crippen LogP contribution in [0.2, 0.25) is 0 Å². The highest BCUT2D eigenvalue weighted by molar-refractivity contribution is 8.00. The van der Waals surface area contributed by atoms with Gasteiger partial charge in [0.25, 0.3) is 0 Å². The Morgan fingerprint density at radius 1 is 1.10 bits per heavy atom. The van der Waals surface area contributed by atoms with Gasteiger partial charge in [-0.2, -0.15) is 0 Å². The van der Waals surface area contributed by atoms with E-state index in [2.05, 4.69) is 35.9 Å². The molecule has 0 heterocycles. The number of hydrogen-bond acceptors (Lipinski definition) is 3. The first-order chi connectivity index (χ1) is 9.69. The van der Waals surface area contributed by atoms with E-state index in [1.165, 1.54) is 5.56 Å². The van der Waals surface area contributed by atoms with E-state index in [-0.39, 0.29) is 0 Å². The summed E-state index contributed by atoms with van der Waals surface area (Å²) in [4.78, 5) is 12.1. The first-order valence-corrected chi connectivity index (χ1v) is 7.42. The second-order valence-corrected chi connectivity index (χ2v) is 5.42. The fourth-order valence-electron chi connectivity index (χ4n) is 1.83. The Bertz CT molecular complexity index is 564. The molecule has 1 amide bonds. The van der Waals surface area contributed by atoms with Gasteiger partial charge in [0.1, 0.15) is 0 Å². The number of hydrogen-bond donors (Lipinski definition) is 2. The van der Waals surface area contributed by atoms with E-state index in [0.717, 1.165) is 23.4 Å². The molecule has 2 aromatic rings. The molecule has 0 unspecified atom stereocenters. The molecule has 20 heavy (non-hydrogen) atoms. The molecule has 0 aliphatic rings. The normalized spacial score (nSPS) is 10.2. The minimum absolute atomic E-state index is 0.407. The molecule has 0 spiro atoms. The molecule has 0 aliphatic heterocycles. The number of aryl methyl sites for hydroxylation is 1. The Balaban J connectivity index is 1.92. The Kier molecular flexibility index (Phi) is 5.07. The number of rotatable bonds is 6. The van der Waals surface area contributed by atoms with Gasteiger partial charge in [0.2, 0.25) is 5.91 Å². The first-order valence-electron chi connectivity index (χ1n) is 6.60. The van der Waals surface area contributed by atoms with Gasteiger partial charge in [0.15, 0.2) is 0 Å². The van der Waals surface area contributed by atoms with Crippen molar-refractivity contribution in [1.82, 2.24) is 0 Å². The van der Waals surface area contributed by atoms with Crippen molar-refractivity contribution in [2.45, 2.75) is 24.7 Å². The molecule has 0 bridgehead atoms. The zero-order valence-electron chi connectivity index (χ0n) is 11.4. The molecule has 0 saturated heterocycles. The van der Waals surface area contributed by atoms with Gasteiger partial charge < -0.3 is 10.5 Å². The van der Waals surface area contributed by atoms with Gasteiger partial charge in [-0.1, -0.05) is 25.5 Å². The minimum Gasteiger partial charge on any atom is -0.366 e. The molecular weight excluding hydrogens is 268 g/mol. The standard InChI is InChI=1S/C16H18N2OS/c1-2-3-12-4-10-15(11-5-12)20-18-14-8-6-13(7-9-14)16(17)19/h4-11,18H,2-3H2,1H3,(H2,17,19). The van der Waals surface area contributed by atoms with E-state index in [9.17, 15) is 4.79 Å². The molecule has 3 nitrogen and oxygen atoms in total. The number of nitrogens with one attached hydrogen (secondary N) is 1. The lowest BCUT2D eigenvalue weighted by Crippen LogP contribution is -2.10. The van der Waals surface area contributed by atoms with Gasteiger partial charge in [-0.05, 0) is 60.3 Å². The number of carbonyl (C=O) groups excluding carboxylic acids is 1. The lowest BCUT2D eigenvalue weighted by Gasteiger charge is -2.06. The Morgan fingerprint density at radius 3 is 2.30 bits per heavy atom. The molecule has 0 saturated carbocycles. The first kappa shape index (κ1) is 14.5. The van der Waals surface area contributed by atoms with Crippen molar-refractivity contribution in [2.75, 3.05) is 4.72 Å². The van der Waals surface area contributed by atoms with Gasteiger partial charge in [-0.3, -0.25) is 4.79 Å². The number of nitrogens with two attached hydrogens (primary N) is 1. The van der Waals surface area contributed by atoms with Crippen LogP contribution in [0.25, 0.3) is 0 Å². The summed E-state index contributed by atoms with van der Waals surface area (Å²) in [7, 11) is 0. The van der Waals surface area contributed by atoms with Crippen molar-refractivity contribution in [1.29, 1.82) is 0 Å². The zero-order valence-corrected chi connectivity index (χ0v) is 12.2. The Hall–Kier alpha value is -1.94. The lowest BCUT2D eigenvalue weighted by molar-refractivity contribution is 0.100. The van der Waals surface area contributed by atoms with Crippen LogP contribution >= 0.6 is 11.9 Å². The highest BCUT2D eigenvalue weighted by atomic mass is 32.2. The predicted molar refractivity (Wildman–Crippen MR) is 84.9 cm³/mol. The van der Waals surface area contributed by atoms with Crippen LogP contribution in [-0.2, 0) is 6.42 Å². The average molecular weight is 286 g/mol. The average Bonchev–Trinajstić information content (AvgIpc) is 2.47. The Labute approximate surface area is 123 Å². The van der Waals surface area contributed by atoms with Crippen molar-refractivity contribution >= 4 is 23.5 Å². The fourth-order valence-corrected chi connectivity index (χ4v) is 2.48. The summed E-state index contributed by atoms with van der Waals surface area (Å²) >= 11 is 1.55. The number of benzene rings is 2. The SMILES string of the molecule is CCCc1ccc(SNc2ccc(C(N)=O)cc2)cc1.